The Labute approximate surface area is 142 Å². The Morgan fingerprint density at radius 1 is 1.17 bits per heavy atom. The summed E-state index contributed by atoms with van der Waals surface area (Å²) >= 11 is 3.51. The lowest BCUT2D eigenvalue weighted by atomic mass is 9.95. The second kappa shape index (κ2) is 5.54. The second-order valence-corrected chi connectivity index (χ2v) is 6.40. The SMILES string of the molecule is COc1ccc2c(c1)C1N=C(N)CO[C@@H]1c1cc(Br)ccc1O2. The van der Waals surface area contributed by atoms with Gasteiger partial charge in [-0.2, -0.15) is 0 Å². The van der Waals surface area contributed by atoms with Crippen LogP contribution in [-0.4, -0.2) is 19.6 Å². The Kier molecular flexibility index (Phi) is 3.50. The summed E-state index contributed by atoms with van der Waals surface area (Å²) in [6.07, 6.45) is -0.247. The van der Waals surface area contributed by atoms with Gasteiger partial charge in [0.25, 0.3) is 0 Å². The van der Waals surface area contributed by atoms with E-state index in [0.29, 0.717) is 12.4 Å². The molecule has 0 spiro atoms. The van der Waals surface area contributed by atoms with E-state index in [-0.39, 0.29) is 12.1 Å². The number of methoxy groups -OCH3 is 1. The largest absolute Gasteiger partial charge is 0.497 e. The highest BCUT2D eigenvalue weighted by Gasteiger charge is 2.36. The highest BCUT2D eigenvalue weighted by atomic mass is 79.9. The van der Waals surface area contributed by atoms with Gasteiger partial charge in [-0.15, -0.1) is 0 Å². The number of aliphatic imine (C=N–C) groups is 1. The summed E-state index contributed by atoms with van der Waals surface area (Å²) < 4.78 is 18.4. The number of hydrogen-bond acceptors (Lipinski definition) is 5. The normalized spacial score (nSPS) is 21.9. The predicted octanol–water partition coefficient (Wildman–Crippen LogP) is 3.73. The molecule has 0 radical (unpaired) electrons. The minimum Gasteiger partial charge on any atom is -0.497 e. The van der Waals surface area contributed by atoms with E-state index < -0.39 is 0 Å². The van der Waals surface area contributed by atoms with E-state index in [9.17, 15) is 0 Å². The zero-order valence-electron chi connectivity index (χ0n) is 12.5. The molecule has 0 amide bonds. The van der Waals surface area contributed by atoms with Crippen molar-refractivity contribution in [2.75, 3.05) is 13.7 Å². The van der Waals surface area contributed by atoms with Gasteiger partial charge in [0.1, 0.15) is 41.8 Å². The molecule has 0 saturated carbocycles. The summed E-state index contributed by atoms with van der Waals surface area (Å²) in [6, 6.07) is 11.3. The summed E-state index contributed by atoms with van der Waals surface area (Å²) in [5.74, 6) is 2.74. The van der Waals surface area contributed by atoms with Crippen molar-refractivity contribution in [1.29, 1.82) is 0 Å². The molecule has 118 valence electrons. The lowest BCUT2D eigenvalue weighted by molar-refractivity contribution is 0.0500. The fraction of sp³-hybridized carbons (Fsp3) is 0.235. The molecule has 0 bridgehead atoms. The van der Waals surface area contributed by atoms with Crippen LogP contribution >= 0.6 is 15.9 Å². The van der Waals surface area contributed by atoms with E-state index in [0.717, 1.165) is 32.8 Å². The van der Waals surface area contributed by atoms with Gasteiger partial charge >= 0.3 is 0 Å². The van der Waals surface area contributed by atoms with Gasteiger partial charge in [-0.1, -0.05) is 15.9 Å². The van der Waals surface area contributed by atoms with Crippen LogP contribution in [0, 0.1) is 0 Å². The molecule has 1 unspecified atom stereocenters. The Balaban J connectivity index is 1.94. The van der Waals surface area contributed by atoms with Gasteiger partial charge in [0.05, 0.1) is 7.11 Å². The third-order valence-electron chi connectivity index (χ3n) is 4.04. The first-order chi connectivity index (χ1) is 11.2. The van der Waals surface area contributed by atoms with Crippen molar-refractivity contribution < 1.29 is 14.2 Å². The Morgan fingerprint density at radius 2 is 1.96 bits per heavy atom. The number of rotatable bonds is 1. The maximum atomic E-state index is 6.12. The molecule has 2 aromatic rings. The van der Waals surface area contributed by atoms with Gasteiger partial charge in [-0.3, -0.25) is 4.99 Å². The van der Waals surface area contributed by atoms with E-state index in [1.807, 2.05) is 36.4 Å². The van der Waals surface area contributed by atoms with Crippen LogP contribution in [0.5, 0.6) is 17.2 Å². The van der Waals surface area contributed by atoms with Crippen LogP contribution in [0.1, 0.15) is 23.3 Å². The van der Waals surface area contributed by atoms with Gasteiger partial charge in [-0.05, 0) is 36.4 Å². The average Bonchev–Trinajstić information content (AvgIpc) is 2.68. The van der Waals surface area contributed by atoms with E-state index in [1.54, 1.807) is 7.11 Å². The highest BCUT2D eigenvalue weighted by Crippen LogP contribution is 2.49. The number of halogens is 1. The number of benzene rings is 2. The molecular weight excluding hydrogens is 360 g/mol. The van der Waals surface area contributed by atoms with Crippen molar-refractivity contribution >= 4 is 21.8 Å². The maximum Gasteiger partial charge on any atom is 0.133 e. The van der Waals surface area contributed by atoms with Crippen LogP contribution in [0.2, 0.25) is 0 Å². The highest BCUT2D eigenvalue weighted by molar-refractivity contribution is 9.10. The first-order valence-electron chi connectivity index (χ1n) is 7.24. The van der Waals surface area contributed by atoms with Gasteiger partial charge < -0.3 is 19.9 Å². The summed E-state index contributed by atoms with van der Waals surface area (Å²) in [6.45, 7) is 0.312. The lowest BCUT2D eigenvalue weighted by Crippen LogP contribution is -2.29. The van der Waals surface area contributed by atoms with Crippen LogP contribution in [0.4, 0.5) is 0 Å². The molecule has 2 aliphatic heterocycles. The maximum absolute atomic E-state index is 6.12. The van der Waals surface area contributed by atoms with Gasteiger partial charge in [-0.25, -0.2) is 0 Å². The number of amidine groups is 1. The van der Waals surface area contributed by atoms with Crippen LogP contribution in [0.15, 0.2) is 45.9 Å². The van der Waals surface area contributed by atoms with E-state index in [4.69, 9.17) is 19.9 Å². The van der Waals surface area contributed by atoms with E-state index >= 15 is 0 Å². The average molecular weight is 375 g/mol. The number of fused-ring (bicyclic) bond motifs is 5. The molecule has 23 heavy (non-hydrogen) atoms. The molecule has 6 heteroatoms. The van der Waals surface area contributed by atoms with Crippen molar-refractivity contribution in [3.05, 3.63) is 52.0 Å². The fourth-order valence-electron chi connectivity index (χ4n) is 2.97. The van der Waals surface area contributed by atoms with Gasteiger partial charge in [0.2, 0.25) is 0 Å². The fourth-order valence-corrected chi connectivity index (χ4v) is 3.35. The van der Waals surface area contributed by atoms with Crippen LogP contribution in [0.25, 0.3) is 0 Å². The molecule has 2 aromatic carbocycles. The smallest absolute Gasteiger partial charge is 0.133 e. The molecule has 2 aliphatic rings. The molecule has 2 N–H and O–H groups in total. The Morgan fingerprint density at radius 3 is 2.78 bits per heavy atom. The quantitative estimate of drug-likeness (QED) is 0.825. The summed E-state index contributed by atoms with van der Waals surface area (Å²) in [7, 11) is 1.64. The van der Waals surface area contributed by atoms with Crippen molar-refractivity contribution in [3.63, 3.8) is 0 Å². The molecule has 0 aliphatic carbocycles. The second-order valence-electron chi connectivity index (χ2n) is 5.48. The van der Waals surface area contributed by atoms with Crippen molar-refractivity contribution in [1.82, 2.24) is 0 Å². The van der Waals surface area contributed by atoms with Crippen LogP contribution in [0.3, 0.4) is 0 Å². The monoisotopic (exact) mass is 374 g/mol. The number of ether oxygens (including phenoxy) is 3. The van der Waals surface area contributed by atoms with Crippen LogP contribution < -0.4 is 15.2 Å². The minimum absolute atomic E-state index is 0.247. The van der Waals surface area contributed by atoms with E-state index in [2.05, 4.69) is 20.9 Å². The van der Waals surface area contributed by atoms with Crippen molar-refractivity contribution in [3.8, 4) is 17.2 Å². The molecule has 0 saturated heterocycles. The molecule has 0 aromatic heterocycles. The zero-order chi connectivity index (χ0) is 16.0. The number of nitrogens with two attached hydrogens (primary N) is 1. The topological polar surface area (TPSA) is 66.1 Å². The molecule has 2 heterocycles. The van der Waals surface area contributed by atoms with Gasteiger partial charge in [0.15, 0.2) is 0 Å². The van der Waals surface area contributed by atoms with Gasteiger partial charge in [0, 0.05) is 15.6 Å². The first kappa shape index (κ1) is 14.5. The Bertz CT molecular complexity index is 806. The summed E-state index contributed by atoms with van der Waals surface area (Å²) in [4.78, 5) is 4.63. The first-order valence-corrected chi connectivity index (χ1v) is 8.04. The third-order valence-corrected chi connectivity index (χ3v) is 4.53. The summed E-state index contributed by atoms with van der Waals surface area (Å²) in [5, 5.41) is 0. The number of hydrogen-bond donors (Lipinski definition) is 1. The Hall–Kier alpha value is -2.05. The molecular formula is C17H15BrN2O3. The zero-order valence-corrected chi connectivity index (χ0v) is 14.0. The molecule has 4 rings (SSSR count). The minimum atomic E-state index is -0.260. The van der Waals surface area contributed by atoms with E-state index in [1.165, 1.54) is 0 Å². The molecule has 2 atom stereocenters. The number of nitrogens with zero attached hydrogens (tertiary/aromatic N) is 1. The summed E-state index contributed by atoms with van der Waals surface area (Å²) in [5.41, 5.74) is 7.78. The lowest BCUT2D eigenvalue weighted by Gasteiger charge is -2.28. The molecule has 0 fully saturated rings. The standard InChI is InChI=1S/C17H15BrN2O3/c1-21-10-3-5-13-11(7-10)16-17(22-8-15(19)20-16)12-6-9(18)2-4-14(12)23-13/h2-7,16-17H,8H2,1H3,(H2,19,20)/t16?,17-/m1/s1. The predicted molar refractivity (Wildman–Crippen MR) is 90.3 cm³/mol. The third kappa shape index (κ3) is 2.48. The van der Waals surface area contributed by atoms with Crippen molar-refractivity contribution in [2.45, 2.75) is 12.1 Å². The molecule has 5 nitrogen and oxygen atoms in total. The van der Waals surface area contributed by atoms with Crippen molar-refractivity contribution in [2.24, 2.45) is 10.7 Å². The van der Waals surface area contributed by atoms with Crippen LogP contribution in [-0.2, 0) is 4.74 Å².